The van der Waals surface area contributed by atoms with Gasteiger partial charge in [-0.25, -0.2) is 0 Å². The molecule has 0 N–H and O–H groups in total. The minimum atomic E-state index is -2.89. The molecule has 0 aliphatic heterocycles. The summed E-state index contributed by atoms with van der Waals surface area (Å²) >= 11 is -2.89. The predicted octanol–water partition coefficient (Wildman–Crippen LogP) is 5.74. The van der Waals surface area contributed by atoms with Crippen molar-refractivity contribution < 1.29 is 3.07 Å². The van der Waals surface area contributed by atoms with Crippen LogP contribution >= 0.6 is 0 Å². The van der Waals surface area contributed by atoms with Gasteiger partial charge in [-0.1, -0.05) is 0 Å². The van der Waals surface area contributed by atoms with Crippen LogP contribution < -0.4 is 3.07 Å². The van der Waals surface area contributed by atoms with Crippen LogP contribution in [0.25, 0.3) is 0 Å². The Hall–Kier alpha value is -0.961. The third-order valence-corrected chi connectivity index (χ3v) is 15.5. The fourth-order valence-corrected chi connectivity index (χ4v) is 15.6. The average Bonchev–Trinajstić information content (AvgIpc) is 2.26. The summed E-state index contributed by atoms with van der Waals surface area (Å²) in [6.45, 7) is 18.6. The summed E-state index contributed by atoms with van der Waals surface area (Å²) in [4.78, 5) is 0. The van der Waals surface area contributed by atoms with E-state index in [1.165, 1.54) is 16.7 Å². The van der Waals surface area contributed by atoms with Crippen molar-refractivity contribution in [2.75, 3.05) is 0 Å². The van der Waals surface area contributed by atoms with E-state index in [-0.39, 0.29) is 0 Å². The van der Waals surface area contributed by atoms with Crippen molar-refractivity contribution in [2.24, 2.45) is 0 Å². The van der Waals surface area contributed by atoms with E-state index in [0.717, 1.165) is 19.1 Å². The molecule has 0 aliphatic rings. The molecule has 0 unspecified atom stereocenters. The van der Waals surface area contributed by atoms with Crippen molar-refractivity contribution in [3.05, 3.63) is 66.8 Å². The second kappa shape index (κ2) is 7.72. The third kappa shape index (κ3) is 6.00. The molecule has 0 fully saturated rings. The molecule has 0 bridgehead atoms. The van der Waals surface area contributed by atoms with Crippen LogP contribution in [0.15, 0.2) is 66.8 Å². The number of para-hydroxylation sites is 1. The monoisotopic (exact) mass is 378 g/mol. The summed E-state index contributed by atoms with van der Waals surface area (Å²) in [5.74, 6) is 0.979. The normalized spacial score (nSPS) is 10.9. The van der Waals surface area contributed by atoms with E-state index in [0.29, 0.717) is 0 Å². The van der Waals surface area contributed by atoms with Crippen molar-refractivity contribution in [3.63, 3.8) is 0 Å². The van der Waals surface area contributed by atoms with Crippen LogP contribution in [0.5, 0.6) is 5.75 Å². The van der Waals surface area contributed by atoms with Crippen molar-refractivity contribution in [1.29, 1.82) is 0 Å². The maximum atomic E-state index is 6.56. The molecule has 0 saturated heterocycles. The van der Waals surface area contributed by atoms with Gasteiger partial charge in [0.1, 0.15) is 0 Å². The quantitative estimate of drug-likeness (QED) is 0.415. The second-order valence-corrected chi connectivity index (χ2v) is 16.4. The molecule has 0 radical (unpaired) electrons. The van der Waals surface area contributed by atoms with E-state index >= 15 is 0 Å². The molecule has 1 aromatic carbocycles. The average molecular weight is 377 g/mol. The number of hydrogen-bond donors (Lipinski definition) is 0. The van der Waals surface area contributed by atoms with Crippen molar-refractivity contribution in [3.8, 4) is 5.75 Å². The van der Waals surface area contributed by atoms with Gasteiger partial charge in [0.2, 0.25) is 0 Å². The molecule has 20 heavy (non-hydrogen) atoms. The topological polar surface area (TPSA) is 9.23 Å². The van der Waals surface area contributed by atoms with E-state index in [2.05, 4.69) is 40.5 Å². The van der Waals surface area contributed by atoms with Gasteiger partial charge in [0.15, 0.2) is 0 Å². The van der Waals surface area contributed by atoms with Crippen LogP contribution in [0.2, 0.25) is 13.3 Å². The van der Waals surface area contributed by atoms with Gasteiger partial charge < -0.3 is 0 Å². The first-order valence-electron chi connectivity index (χ1n) is 7.00. The molecule has 108 valence electrons. The van der Waals surface area contributed by atoms with Gasteiger partial charge in [-0.15, -0.1) is 0 Å². The van der Waals surface area contributed by atoms with E-state index in [1.54, 1.807) is 0 Å². The molecule has 1 nitrogen and oxygen atoms in total. The van der Waals surface area contributed by atoms with Gasteiger partial charge in [-0.2, -0.15) is 0 Å². The SMILES string of the molecule is C=C(C)[CH2][Sn]([CH2]C(=C)C)([CH2]C(=C)C)[O]c1ccccc1. The Labute approximate surface area is 128 Å². The minimum absolute atomic E-state index is 0.979. The number of hydrogen-bond acceptors (Lipinski definition) is 1. The van der Waals surface area contributed by atoms with Crippen molar-refractivity contribution in [1.82, 2.24) is 0 Å². The molecule has 0 aliphatic carbocycles. The first kappa shape index (κ1) is 17.1. The Balaban J connectivity index is 3.09. The molecule has 0 spiro atoms. The van der Waals surface area contributed by atoms with Gasteiger partial charge in [-0.05, 0) is 0 Å². The Bertz CT molecular complexity index is 447. The summed E-state index contributed by atoms with van der Waals surface area (Å²) in [7, 11) is 0. The zero-order valence-electron chi connectivity index (χ0n) is 13.0. The first-order chi connectivity index (χ1) is 9.33. The van der Waals surface area contributed by atoms with Crippen LogP contribution in [0.4, 0.5) is 0 Å². The Morgan fingerprint density at radius 3 is 1.60 bits per heavy atom. The molecule has 0 saturated carbocycles. The standard InChI is InChI=1S/C6H6O.3C4H7.Sn/c7-6-4-2-1-3-5-6;3*1-4(2)3;/h1-5,7H;3*1-2H2,3H3;/q;;;;+1/p-1. The van der Waals surface area contributed by atoms with Gasteiger partial charge in [0, 0.05) is 0 Å². The van der Waals surface area contributed by atoms with E-state index < -0.39 is 18.8 Å². The third-order valence-electron chi connectivity index (χ3n) is 2.95. The molecule has 0 amide bonds. The van der Waals surface area contributed by atoms with Gasteiger partial charge >= 0.3 is 128 Å². The second-order valence-electron chi connectivity index (χ2n) is 6.00. The molecular weight excluding hydrogens is 351 g/mol. The summed E-state index contributed by atoms with van der Waals surface area (Å²) in [6.07, 6.45) is 0. The fraction of sp³-hybridized carbons (Fsp3) is 0.333. The maximum absolute atomic E-state index is 6.56. The van der Waals surface area contributed by atoms with E-state index in [4.69, 9.17) is 3.07 Å². The number of allylic oxidation sites excluding steroid dienone is 3. The zero-order valence-corrected chi connectivity index (χ0v) is 15.9. The van der Waals surface area contributed by atoms with Crippen molar-refractivity contribution >= 4 is 18.8 Å². The zero-order chi connectivity index (χ0) is 15.2. The number of rotatable bonds is 8. The Morgan fingerprint density at radius 2 is 1.25 bits per heavy atom. The molecule has 1 rings (SSSR count). The summed E-state index contributed by atoms with van der Waals surface area (Å²) in [6, 6.07) is 10.1. The summed E-state index contributed by atoms with van der Waals surface area (Å²) in [5.41, 5.74) is 3.62. The van der Waals surface area contributed by atoms with Crippen LogP contribution in [-0.2, 0) is 0 Å². The molecule has 0 atom stereocenters. The molecule has 1 aromatic rings. The summed E-state index contributed by atoms with van der Waals surface area (Å²) in [5, 5.41) is 0. The predicted molar refractivity (Wildman–Crippen MR) is 91.7 cm³/mol. The Morgan fingerprint density at radius 1 is 0.850 bits per heavy atom. The van der Waals surface area contributed by atoms with Crippen LogP contribution in [0, 0.1) is 0 Å². The van der Waals surface area contributed by atoms with Crippen LogP contribution in [0.1, 0.15) is 20.8 Å². The molecule has 0 aromatic heterocycles. The van der Waals surface area contributed by atoms with Gasteiger partial charge in [-0.3, -0.25) is 0 Å². The molecule has 0 heterocycles. The first-order valence-corrected chi connectivity index (χ1v) is 14.2. The van der Waals surface area contributed by atoms with Gasteiger partial charge in [0.25, 0.3) is 0 Å². The van der Waals surface area contributed by atoms with E-state index in [1.807, 2.05) is 30.3 Å². The van der Waals surface area contributed by atoms with Crippen molar-refractivity contribution in [2.45, 2.75) is 34.1 Å². The molecule has 2 heteroatoms. The fourth-order valence-electron chi connectivity index (χ4n) is 2.68. The molecular formula is C18H26OSn. The Kier molecular flexibility index (Phi) is 6.60. The van der Waals surface area contributed by atoms with Crippen LogP contribution in [0.3, 0.4) is 0 Å². The van der Waals surface area contributed by atoms with E-state index in [9.17, 15) is 0 Å². The summed E-state index contributed by atoms with van der Waals surface area (Å²) < 4.78 is 9.61. The number of benzene rings is 1. The van der Waals surface area contributed by atoms with Crippen LogP contribution in [-0.4, -0.2) is 18.8 Å². The van der Waals surface area contributed by atoms with Gasteiger partial charge in [0.05, 0.1) is 0 Å².